The number of methoxy groups -OCH3 is 1. The highest BCUT2D eigenvalue weighted by Crippen LogP contribution is 2.34. The largest absolute Gasteiger partial charge is 0.496 e. The summed E-state index contributed by atoms with van der Waals surface area (Å²) < 4.78 is 44.5. The second-order valence-electron chi connectivity index (χ2n) is 4.30. The van der Waals surface area contributed by atoms with Gasteiger partial charge in [-0.15, -0.1) is 0 Å². The summed E-state index contributed by atoms with van der Waals surface area (Å²) in [5.74, 6) is 0.567. The van der Waals surface area contributed by atoms with Gasteiger partial charge in [0, 0.05) is 10.0 Å². The number of hydrogen-bond donors (Lipinski definition) is 1. The van der Waals surface area contributed by atoms with Crippen LogP contribution in [0.2, 0.25) is 0 Å². The maximum atomic E-state index is 12.9. The number of anilines is 1. The lowest BCUT2D eigenvalue weighted by Crippen LogP contribution is -2.08. The SMILES string of the molecule is COc1ccc(Br)cc1/C=N/Nc1ccccc1C(F)(F)F. The summed E-state index contributed by atoms with van der Waals surface area (Å²) >= 11 is 3.31. The Morgan fingerprint density at radius 3 is 2.59 bits per heavy atom. The number of hydrogen-bond acceptors (Lipinski definition) is 3. The fraction of sp³-hybridized carbons (Fsp3) is 0.133. The third kappa shape index (κ3) is 4.00. The van der Waals surface area contributed by atoms with Crippen LogP contribution < -0.4 is 10.2 Å². The van der Waals surface area contributed by atoms with Crippen LogP contribution in [0.4, 0.5) is 18.9 Å². The van der Waals surface area contributed by atoms with Crippen LogP contribution in [0.5, 0.6) is 5.75 Å². The Hall–Kier alpha value is -2.02. The summed E-state index contributed by atoms with van der Waals surface area (Å²) in [5, 5.41) is 3.86. The van der Waals surface area contributed by atoms with Crippen molar-refractivity contribution in [2.45, 2.75) is 6.18 Å². The molecule has 0 fully saturated rings. The van der Waals surface area contributed by atoms with Crippen molar-refractivity contribution in [3.8, 4) is 5.75 Å². The first-order chi connectivity index (χ1) is 10.4. The van der Waals surface area contributed by atoms with Gasteiger partial charge in [0.15, 0.2) is 0 Å². The molecule has 0 amide bonds. The molecule has 0 unspecified atom stereocenters. The molecule has 0 saturated heterocycles. The van der Waals surface area contributed by atoms with E-state index in [9.17, 15) is 13.2 Å². The van der Waals surface area contributed by atoms with E-state index in [4.69, 9.17) is 4.74 Å². The first-order valence-corrected chi connectivity index (χ1v) is 7.00. The minimum atomic E-state index is -4.44. The number of nitrogens with zero attached hydrogens (tertiary/aromatic N) is 1. The van der Waals surface area contributed by atoms with Crippen molar-refractivity contribution in [2.24, 2.45) is 5.10 Å². The summed E-state index contributed by atoms with van der Waals surface area (Å²) in [6.45, 7) is 0. The number of halogens is 4. The fourth-order valence-electron chi connectivity index (χ4n) is 1.81. The van der Waals surface area contributed by atoms with Crippen molar-refractivity contribution in [1.29, 1.82) is 0 Å². The maximum absolute atomic E-state index is 12.9. The van der Waals surface area contributed by atoms with E-state index < -0.39 is 11.7 Å². The summed E-state index contributed by atoms with van der Waals surface area (Å²) in [6, 6.07) is 10.4. The molecule has 0 heterocycles. The number of alkyl halides is 3. The summed E-state index contributed by atoms with van der Waals surface area (Å²) in [4.78, 5) is 0. The lowest BCUT2D eigenvalue weighted by Gasteiger charge is -2.11. The van der Waals surface area contributed by atoms with Gasteiger partial charge >= 0.3 is 6.18 Å². The molecular formula is C15H12BrF3N2O. The predicted octanol–water partition coefficient (Wildman–Crippen LogP) is 4.92. The highest BCUT2D eigenvalue weighted by molar-refractivity contribution is 9.10. The van der Waals surface area contributed by atoms with Crippen LogP contribution in [0.25, 0.3) is 0 Å². The second-order valence-corrected chi connectivity index (χ2v) is 5.22. The van der Waals surface area contributed by atoms with Crippen LogP contribution in [-0.2, 0) is 6.18 Å². The minimum Gasteiger partial charge on any atom is -0.496 e. The van der Waals surface area contributed by atoms with Gasteiger partial charge in [0.25, 0.3) is 0 Å². The Morgan fingerprint density at radius 1 is 1.18 bits per heavy atom. The van der Waals surface area contributed by atoms with E-state index in [1.807, 2.05) is 0 Å². The van der Waals surface area contributed by atoms with Crippen LogP contribution in [0, 0.1) is 0 Å². The normalized spacial score (nSPS) is 11.7. The second kappa shape index (κ2) is 6.83. The number of benzene rings is 2. The number of ether oxygens (including phenoxy) is 1. The summed E-state index contributed by atoms with van der Waals surface area (Å²) in [6.07, 6.45) is -3.04. The molecule has 22 heavy (non-hydrogen) atoms. The van der Waals surface area contributed by atoms with Crippen molar-refractivity contribution in [1.82, 2.24) is 0 Å². The van der Waals surface area contributed by atoms with Crippen LogP contribution in [-0.4, -0.2) is 13.3 Å². The topological polar surface area (TPSA) is 33.6 Å². The zero-order valence-electron chi connectivity index (χ0n) is 11.5. The van der Waals surface area contributed by atoms with Gasteiger partial charge in [-0.05, 0) is 30.3 Å². The quantitative estimate of drug-likeness (QED) is 0.610. The molecule has 0 aliphatic carbocycles. The van der Waals surface area contributed by atoms with E-state index in [1.54, 1.807) is 18.2 Å². The first kappa shape index (κ1) is 16.4. The smallest absolute Gasteiger partial charge is 0.418 e. The Morgan fingerprint density at radius 2 is 1.91 bits per heavy atom. The third-order valence-electron chi connectivity index (χ3n) is 2.81. The number of rotatable bonds is 4. The molecule has 2 aromatic rings. The van der Waals surface area contributed by atoms with Crippen molar-refractivity contribution < 1.29 is 17.9 Å². The number of hydrazone groups is 1. The van der Waals surface area contributed by atoms with Crippen LogP contribution in [0.3, 0.4) is 0 Å². The van der Waals surface area contributed by atoms with Crippen molar-refractivity contribution in [3.05, 3.63) is 58.1 Å². The molecular weight excluding hydrogens is 361 g/mol. The van der Waals surface area contributed by atoms with Crippen LogP contribution in [0.1, 0.15) is 11.1 Å². The van der Waals surface area contributed by atoms with Gasteiger partial charge < -0.3 is 4.74 Å². The lowest BCUT2D eigenvalue weighted by molar-refractivity contribution is -0.136. The highest BCUT2D eigenvalue weighted by Gasteiger charge is 2.33. The molecule has 0 aromatic heterocycles. The molecule has 0 spiro atoms. The number of nitrogens with one attached hydrogen (secondary N) is 1. The van der Waals surface area contributed by atoms with Crippen molar-refractivity contribution >= 4 is 27.8 Å². The standard InChI is InChI=1S/C15H12BrF3N2O/c1-22-14-7-6-11(16)8-10(14)9-20-21-13-5-3-2-4-12(13)15(17,18)19/h2-9,21H,1H3/b20-9+. The monoisotopic (exact) mass is 372 g/mol. The number of para-hydroxylation sites is 1. The highest BCUT2D eigenvalue weighted by atomic mass is 79.9. The molecule has 2 rings (SSSR count). The van der Waals surface area contributed by atoms with Gasteiger partial charge in [-0.2, -0.15) is 18.3 Å². The zero-order valence-corrected chi connectivity index (χ0v) is 13.1. The average Bonchev–Trinajstić information content (AvgIpc) is 2.47. The minimum absolute atomic E-state index is 0.111. The summed E-state index contributed by atoms with van der Waals surface area (Å²) in [7, 11) is 1.51. The average molecular weight is 373 g/mol. The molecule has 7 heteroatoms. The molecule has 0 saturated carbocycles. The summed E-state index contributed by atoms with van der Waals surface area (Å²) in [5.41, 5.74) is 2.17. The van der Waals surface area contributed by atoms with Gasteiger partial charge in [0.05, 0.1) is 24.6 Å². The zero-order chi connectivity index (χ0) is 16.2. The van der Waals surface area contributed by atoms with E-state index in [0.717, 1.165) is 10.5 Å². The molecule has 0 aliphatic heterocycles. The van der Waals surface area contributed by atoms with Gasteiger partial charge in [0.2, 0.25) is 0 Å². The molecule has 1 N–H and O–H groups in total. The Labute approximate surface area is 133 Å². The first-order valence-electron chi connectivity index (χ1n) is 6.20. The molecule has 116 valence electrons. The van der Waals surface area contributed by atoms with Crippen molar-refractivity contribution in [2.75, 3.05) is 12.5 Å². The molecule has 0 aliphatic rings. The van der Waals surface area contributed by atoms with E-state index in [2.05, 4.69) is 26.5 Å². The molecule has 2 aromatic carbocycles. The Bertz CT molecular complexity index is 687. The van der Waals surface area contributed by atoms with Crippen LogP contribution >= 0.6 is 15.9 Å². The van der Waals surface area contributed by atoms with Gasteiger partial charge in [0.1, 0.15) is 5.75 Å². The predicted molar refractivity (Wildman–Crippen MR) is 83.4 cm³/mol. The van der Waals surface area contributed by atoms with E-state index in [-0.39, 0.29) is 5.69 Å². The molecule has 0 bridgehead atoms. The Kier molecular flexibility index (Phi) is 5.07. The molecule has 0 radical (unpaired) electrons. The van der Waals surface area contributed by atoms with Gasteiger partial charge in [-0.25, -0.2) is 0 Å². The van der Waals surface area contributed by atoms with E-state index in [0.29, 0.717) is 11.3 Å². The van der Waals surface area contributed by atoms with Gasteiger partial charge in [-0.1, -0.05) is 28.1 Å². The van der Waals surface area contributed by atoms with Crippen molar-refractivity contribution in [3.63, 3.8) is 0 Å². The third-order valence-corrected chi connectivity index (χ3v) is 3.31. The Balaban J connectivity index is 2.22. The van der Waals surface area contributed by atoms with Crippen LogP contribution in [0.15, 0.2) is 52.0 Å². The van der Waals surface area contributed by atoms with Gasteiger partial charge in [-0.3, -0.25) is 5.43 Å². The van der Waals surface area contributed by atoms with E-state index >= 15 is 0 Å². The lowest BCUT2D eigenvalue weighted by atomic mass is 10.2. The van der Waals surface area contributed by atoms with E-state index in [1.165, 1.54) is 31.5 Å². The molecule has 3 nitrogen and oxygen atoms in total. The maximum Gasteiger partial charge on any atom is 0.418 e. The molecule has 0 atom stereocenters. The fourth-order valence-corrected chi connectivity index (χ4v) is 2.18.